The molecule has 29 heavy (non-hydrogen) atoms. The average Bonchev–Trinajstić information content (AvgIpc) is 3.23. The van der Waals surface area contributed by atoms with Crippen LogP contribution in [0.1, 0.15) is 37.8 Å². The Morgan fingerprint density at radius 3 is 2.59 bits per heavy atom. The second kappa shape index (κ2) is 7.35. The van der Waals surface area contributed by atoms with Gasteiger partial charge >= 0.3 is 5.97 Å². The van der Waals surface area contributed by atoms with Crippen molar-refractivity contribution in [3.8, 4) is 5.82 Å². The molecular weight excluding hydrogens is 368 g/mol. The number of hydrogen-bond donors (Lipinski definition) is 1. The number of benzene rings is 1. The fourth-order valence-electron chi connectivity index (χ4n) is 3.42. The molecule has 0 aliphatic carbocycles. The molecule has 7 nitrogen and oxygen atoms in total. The summed E-state index contributed by atoms with van der Waals surface area (Å²) in [6, 6.07) is 12.8. The van der Waals surface area contributed by atoms with E-state index in [1.54, 1.807) is 16.8 Å². The van der Waals surface area contributed by atoms with E-state index in [4.69, 9.17) is 4.74 Å². The number of ketones is 1. The van der Waals surface area contributed by atoms with Gasteiger partial charge in [0.2, 0.25) is 5.78 Å². The number of hydrogen-bond acceptors (Lipinski definition) is 5. The van der Waals surface area contributed by atoms with Gasteiger partial charge in [-0.3, -0.25) is 4.79 Å². The van der Waals surface area contributed by atoms with Crippen LogP contribution in [0.4, 0.5) is 0 Å². The molecule has 146 valence electrons. The van der Waals surface area contributed by atoms with Gasteiger partial charge in [0.1, 0.15) is 0 Å². The van der Waals surface area contributed by atoms with Gasteiger partial charge in [0.25, 0.3) is 0 Å². The van der Waals surface area contributed by atoms with E-state index in [9.17, 15) is 9.59 Å². The Morgan fingerprint density at radius 2 is 1.90 bits per heavy atom. The molecular formula is C22H20N4O3. The maximum absolute atomic E-state index is 12.6. The number of esters is 1. The number of carbonyl (C=O) groups is 2. The minimum Gasteiger partial charge on any atom is -0.454 e. The standard InChI is InChI=1S/C22H20N4O3/c1-13-10-14(2)26(25-13)20-9-8-16(11-23-20)22(28)29-12-19(27)21-15(3)24-18-7-5-4-6-17(18)21/h4-11,24H,12H2,1-3H3. The average molecular weight is 388 g/mol. The van der Waals surface area contributed by atoms with Crippen molar-refractivity contribution in [3.63, 3.8) is 0 Å². The molecule has 0 unspecified atom stereocenters. The molecule has 0 saturated heterocycles. The topological polar surface area (TPSA) is 89.9 Å². The number of Topliss-reactive ketones (excluding diaryl/α,β-unsaturated/α-hetero) is 1. The van der Waals surface area contributed by atoms with Crippen LogP contribution in [0.5, 0.6) is 0 Å². The smallest absolute Gasteiger partial charge is 0.340 e. The number of para-hydroxylation sites is 1. The van der Waals surface area contributed by atoms with Crippen LogP contribution in [-0.4, -0.2) is 38.1 Å². The van der Waals surface area contributed by atoms with Crippen LogP contribution in [0.3, 0.4) is 0 Å². The Morgan fingerprint density at radius 1 is 1.10 bits per heavy atom. The number of rotatable bonds is 5. The number of nitrogens with zero attached hydrogens (tertiary/aromatic N) is 3. The number of fused-ring (bicyclic) bond motifs is 1. The maximum Gasteiger partial charge on any atom is 0.340 e. The number of aromatic amines is 1. The van der Waals surface area contributed by atoms with Gasteiger partial charge in [-0.25, -0.2) is 14.5 Å². The first-order valence-corrected chi connectivity index (χ1v) is 9.21. The van der Waals surface area contributed by atoms with Crippen molar-refractivity contribution in [3.05, 3.63) is 76.9 Å². The van der Waals surface area contributed by atoms with Crippen LogP contribution >= 0.6 is 0 Å². The zero-order valence-corrected chi connectivity index (χ0v) is 16.4. The molecule has 0 fully saturated rings. The molecule has 3 aromatic heterocycles. The Labute approximate surface area is 167 Å². The highest BCUT2D eigenvalue weighted by Gasteiger charge is 2.18. The lowest BCUT2D eigenvalue weighted by Gasteiger charge is -2.06. The van der Waals surface area contributed by atoms with Gasteiger partial charge in [0, 0.05) is 34.1 Å². The molecule has 7 heteroatoms. The largest absolute Gasteiger partial charge is 0.454 e. The highest BCUT2D eigenvalue weighted by atomic mass is 16.5. The van der Waals surface area contributed by atoms with Gasteiger partial charge < -0.3 is 9.72 Å². The van der Waals surface area contributed by atoms with Crippen molar-refractivity contribution in [2.75, 3.05) is 6.61 Å². The summed E-state index contributed by atoms with van der Waals surface area (Å²) in [5, 5.41) is 5.19. The first-order chi connectivity index (χ1) is 13.9. The Balaban J connectivity index is 1.46. The summed E-state index contributed by atoms with van der Waals surface area (Å²) in [7, 11) is 0. The molecule has 0 saturated carbocycles. The van der Waals surface area contributed by atoms with E-state index < -0.39 is 5.97 Å². The van der Waals surface area contributed by atoms with E-state index in [-0.39, 0.29) is 18.0 Å². The van der Waals surface area contributed by atoms with E-state index in [2.05, 4.69) is 15.1 Å². The number of H-pyrrole nitrogens is 1. The number of aromatic nitrogens is 4. The molecule has 4 aromatic rings. The Kier molecular flexibility index (Phi) is 4.72. The third kappa shape index (κ3) is 3.54. The van der Waals surface area contributed by atoms with Crippen LogP contribution in [0.15, 0.2) is 48.7 Å². The van der Waals surface area contributed by atoms with E-state index >= 15 is 0 Å². The second-order valence-electron chi connectivity index (χ2n) is 6.91. The van der Waals surface area contributed by atoms with Crippen LogP contribution in [0.25, 0.3) is 16.7 Å². The summed E-state index contributed by atoms with van der Waals surface area (Å²) in [5.74, 6) is -0.235. The summed E-state index contributed by atoms with van der Waals surface area (Å²) < 4.78 is 6.93. The summed E-state index contributed by atoms with van der Waals surface area (Å²) in [4.78, 5) is 32.4. The lowest BCUT2D eigenvalue weighted by molar-refractivity contribution is 0.0474. The molecule has 0 aliphatic rings. The monoisotopic (exact) mass is 388 g/mol. The Hall–Kier alpha value is -3.74. The second-order valence-corrected chi connectivity index (χ2v) is 6.91. The van der Waals surface area contributed by atoms with Crippen LogP contribution in [-0.2, 0) is 4.74 Å². The molecule has 0 spiro atoms. The number of nitrogens with one attached hydrogen (secondary N) is 1. The van der Waals surface area contributed by atoms with Crippen LogP contribution in [0.2, 0.25) is 0 Å². The summed E-state index contributed by atoms with van der Waals surface area (Å²) >= 11 is 0. The normalized spacial score (nSPS) is 11.0. The van der Waals surface area contributed by atoms with Crippen molar-refractivity contribution in [2.45, 2.75) is 20.8 Å². The molecule has 0 bridgehead atoms. The lowest BCUT2D eigenvalue weighted by atomic mass is 10.1. The fraction of sp³-hybridized carbons (Fsp3) is 0.182. The maximum atomic E-state index is 12.6. The lowest BCUT2D eigenvalue weighted by Crippen LogP contribution is -2.15. The third-order valence-electron chi connectivity index (χ3n) is 4.72. The summed E-state index contributed by atoms with van der Waals surface area (Å²) in [6.45, 7) is 5.33. The van der Waals surface area contributed by atoms with Gasteiger partial charge in [-0.1, -0.05) is 18.2 Å². The van der Waals surface area contributed by atoms with Crippen molar-refractivity contribution >= 4 is 22.7 Å². The first kappa shape index (κ1) is 18.6. The molecule has 3 heterocycles. The van der Waals surface area contributed by atoms with Crippen LogP contribution < -0.4 is 0 Å². The quantitative estimate of drug-likeness (QED) is 0.416. The zero-order chi connectivity index (χ0) is 20.5. The molecule has 1 aromatic carbocycles. The van der Waals surface area contributed by atoms with E-state index in [0.29, 0.717) is 11.4 Å². The van der Waals surface area contributed by atoms with E-state index in [1.807, 2.05) is 51.1 Å². The third-order valence-corrected chi connectivity index (χ3v) is 4.72. The predicted octanol–water partition coefficient (Wildman–Crippen LogP) is 3.71. The molecule has 0 radical (unpaired) electrons. The highest BCUT2D eigenvalue weighted by Crippen LogP contribution is 2.22. The number of ether oxygens (including phenoxy) is 1. The van der Waals surface area contributed by atoms with E-state index in [1.165, 1.54) is 6.20 Å². The Bertz CT molecular complexity index is 1220. The van der Waals surface area contributed by atoms with E-state index in [0.717, 1.165) is 28.0 Å². The first-order valence-electron chi connectivity index (χ1n) is 9.21. The van der Waals surface area contributed by atoms with Crippen molar-refractivity contribution < 1.29 is 14.3 Å². The van der Waals surface area contributed by atoms with Gasteiger partial charge in [-0.05, 0) is 45.0 Å². The van der Waals surface area contributed by atoms with Gasteiger partial charge in [0.15, 0.2) is 12.4 Å². The number of aryl methyl sites for hydroxylation is 3. The highest BCUT2D eigenvalue weighted by molar-refractivity contribution is 6.10. The molecule has 0 aliphatic heterocycles. The number of pyridine rings is 1. The van der Waals surface area contributed by atoms with Crippen molar-refractivity contribution in [1.82, 2.24) is 19.7 Å². The minimum atomic E-state index is -0.594. The van der Waals surface area contributed by atoms with Gasteiger partial charge in [-0.15, -0.1) is 0 Å². The summed E-state index contributed by atoms with van der Waals surface area (Å²) in [6.07, 6.45) is 1.43. The predicted molar refractivity (Wildman–Crippen MR) is 108 cm³/mol. The van der Waals surface area contributed by atoms with Gasteiger partial charge in [-0.2, -0.15) is 5.10 Å². The number of carbonyl (C=O) groups excluding carboxylic acids is 2. The molecule has 0 amide bonds. The molecule has 0 atom stereocenters. The van der Waals surface area contributed by atoms with Gasteiger partial charge in [0.05, 0.1) is 11.3 Å². The fourth-order valence-corrected chi connectivity index (χ4v) is 3.42. The van der Waals surface area contributed by atoms with Crippen LogP contribution in [0, 0.1) is 20.8 Å². The van der Waals surface area contributed by atoms with Crippen molar-refractivity contribution in [1.29, 1.82) is 0 Å². The molecule has 1 N–H and O–H groups in total. The van der Waals surface area contributed by atoms with Crippen molar-refractivity contribution in [2.24, 2.45) is 0 Å². The zero-order valence-electron chi connectivity index (χ0n) is 16.4. The SMILES string of the molecule is Cc1cc(C)n(-c2ccc(C(=O)OCC(=O)c3c(C)[nH]c4ccccc34)cn2)n1. The summed E-state index contributed by atoms with van der Waals surface area (Å²) in [5.41, 5.74) is 4.29. The molecule has 4 rings (SSSR count). The minimum absolute atomic E-state index is 0.250.